The monoisotopic (exact) mass is 183 g/mol. The Hall–Kier alpha value is -1.71. The molecule has 1 aromatic rings. The van der Waals surface area contributed by atoms with E-state index < -0.39 is 5.97 Å². The molecule has 0 aliphatic rings. The van der Waals surface area contributed by atoms with E-state index in [1.165, 1.54) is 18.2 Å². The van der Waals surface area contributed by atoms with Crippen LogP contribution in [0.25, 0.3) is 0 Å². The molecule has 4 N–H and O–H groups in total. The van der Waals surface area contributed by atoms with Crippen LogP contribution in [0.1, 0.15) is 24.2 Å². The van der Waals surface area contributed by atoms with Gasteiger partial charge in [0.15, 0.2) is 0 Å². The van der Waals surface area contributed by atoms with Gasteiger partial charge in [-0.3, -0.25) is 0 Å². The molecule has 1 aromatic carbocycles. The molecular formula is C9H13NO3. The third-order valence-electron chi connectivity index (χ3n) is 1.29. The van der Waals surface area contributed by atoms with Crippen LogP contribution in [-0.4, -0.2) is 16.2 Å². The largest absolute Gasteiger partial charge is 0.507 e. The zero-order valence-electron chi connectivity index (χ0n) is 7.61. The van der Waals surface area contributed by atoms with Crippen molar-refractivity contribution in [1.82, 2.24) is 0 Å². The Morgan fingerprint density at radius 3 is 2.23 bits per heavy atom. The Morgan fingerprint density at radius 1 is 1.38 bits per heavy atom. The molecule has 1 rings (SSSR count). The number of carbonyl (C=O) groups is 1. The van der Waals surface area contributed by atoms with Crippen molar-refractivity contribution >= 4 is 11.7 Å². The van der Waals surface area contributed by atoms with Crippen molar-refractivity contribution in [1.29, 1.82) is 0 Å². The first kappa shape index (κ1) is 11.3. The second kappa shape index (κ2) is 5.03. The number of benzene rings is 1. The van der Waals surface area contributed by atoms with E-state index >= 15 is 0 Å². The summed E-state index contributed by atoms with van der Waals surface area (Å²) in [6.07, 6.45) is 0. The minimum absolute atomic E-state index is 0.0671. The van der Waals surface area contributed by atoms with Gasteiger partial charge in [0.25, 0.3) is 0 Å². The van der Waals surface area contributed by atoms with Gasteiger partial charge >= 0.3 is 5.97 Å². The number of nitrogen functional groups attached to an aromatic ring is 1. The van der Waals surface area contributed by atoms with E-state index in [2.05, 4.69) is 0 Å². The van der Waals surface area contributed by atoms with Gasteiger partial charge in [0.05, 0.1) is 0 Å². The SMILES string of the molecule is CC.Nc1cccc(O)c1C(=O)O. The second-order valence-corrected chi connectivity index (χ2v) is 2.05. The molecule has 13 heavy (non-hydrogen) atoms. The molecule has 0 saturated carbocycles. The topological polar surface area (TPSA) is 83.5 Å². The van der Waals surface area contributed by atoms with Gasteiger partial charge < -0.3 is 15.9 Å². The van der Waals surface area contributed by atoms with E-state index in [-0.39, 0.29) is 17.0 Å². The third kappa shape index (κ3) is 2.66. The van der Waals surface area contributed by atoms with Crippen LogP contribution < -0.4 is 5.73 Å². The summed E-state index contributed by atoms with van der Waals surface area (Å²) in [7, 11) is 0. The molecule has 0 aromatic heterocycles. The van der Waals surface area contributed by atoms with Crippen molar-refractivity contribution in [3.8, 4) is 5.75 Å². The van der Waals surface area contributed by atoms with E-state index in [4.69, 9.17) is 15.9 Å². The van der Waals surface area contributed by atoms with Crippen molar-refractivity contribution < 1.29 is 15.0 Å². The summed E-state index contributed by atoms with van der Waals surface area (Å²) in [6.45, 7) is 4.00. The number of carboxylic acid groups (broad SMARTS) is 1. The lowest BCUT2D eigenvalue weighted by atomic mass is 10.1. The first-order valence-corrected chi connectivity index (χ1v) is 3.93. The summed E-state index contributed by atoms with van der Waals surface area (Å²) < 4.78 is 0. The molecular weight excluding hydrogens is 170 g/mol. The summed E-state index contributed by atoms with van der Waals surface area (Å²) in [6, 6.07) is 4.18. The van der Waals surface area contributed by atoms with E-state index in [0.29, 0.717) is 0 Å². The van der Waals surface area contributed by atoms with Gasteiger partial charge in [-0.15, -0.1) is 0 Å². The van der Waals surface area contributed by atoms with E-state index in [1.807, 2.05) is 13.8 Å². The van der Waals surface area contributed by atoms with Crippen molar-refractivity contribution in [3.05, 3.63) is 23.8 Å². The van der Waals surface area contributed by atoms with Gasteiger partial charge in [-0.1, -0.05) is 19.9 Å². The van der Waals surface area contributed by atoms with Crippen LogP contribution in [-0.2, 0) is 0 Å². The Labute approximate surface area is 76.6 Å². The number of aromatic hydroxyl groups is 1. The highest BCUT2D eigenvalue weighted by Crippen LogP contribution is 2.22. The lowest BCUT2D eigenvalue weighted by Gasteiger charge is -2.01. The fourth-order valence-electron chi connectivity index (χ4n) is 0.791. The quantitative estimate of drug-likeness (QED) is 0.578. The first-order chi connectivity index (χ1) is 6.13. The van der Waals surface area contributed by atoms with Gasteiger partial charge in [0.1, 0.15) is 11.3 Å². The van der Waals surface area contributed by atoms with Crippen molar-refractivity contribution in [2.45, 2.75) is 13.8 Å². The summed E-state index contributed by atoms with van der Waals surface area (Å²) in [5.74, 6) is -1.53. The highest BCUT2D eigenvalue weighted by atomic mass is 16.4. The van der Waals surface area contributed by atoms with Crippen LogP contribution in [0.2, 0.25) is 0 Å². The zero-order chi connectivity index (χ0) is 10.4. The van der Waals surface area contributed by atoms with Crippen LogP contribution in [0.5, 0.6) is 5.75 Å². The predicted octanol–water partition coefficient (Wildman–Crippen LogP) is 1.70. The molecule has 0 aliphatic heterocycles. The molecule has 0 heterocycles. The lowest BCUT2D eigenvalue weighted by molar-refractivity contribution is 0.0695. The Bertz CT molecular complexity index is 277. The van der Waals surface area contributed by atoms with Crippen LogP contribution in [0.15, 0.2) is 18.2 Å². The maximum absolute atomic E-state index is 10.4. The van der Waals surface area contributed by atoms with Gasteiger partial charge in [-0.25, -0.2) is 4.79 Å². The minimum Gasteiger partial charge on any atom is -0.507 e. The van der Waals surface area contributed by atoms with Gasteiger partial charge in [-0.05, 0) is 12.1 Å². The highest BCUT2D eigenvalue weighted by Gasteiger charge is 2.11. The normalized spacial score (nSPS) is 8.46. The van der Waals surface area contributed by atoms with Crippen molar-refractivity contribution in [2.75, 3.05) is 5.73 Å². The molecule has 72 valence electrons. The Morgan fingerprint density at radius 2 is 1.92 bits per heavy atom. The fourth-order valence-corrected chi connectivity index (χ4v) is 0.791. The number of phenols is 1. The van der Waals surface area contributed by atoms with Gasteiger partial charge in [-0.2, -0.15) is 0 Å². The number of anilines is 1. The molecule has 0 amide bonds. The van der Waals surface area contributed by atoms with Crippen LogP contribution in [0.4, 0.5) is 5.69 Å². The highest BCUT2D eigenvalue weighted by molar-refractivity contribution is 5.96. The second-order valence-electron chi connectivity index (χ2n) is 2.05. The summed E-state index contributed by atoms with van der Waals surface area (Å²) in [5, 5.41) is 17.5. The molecule has 0 radical (unpaired) electrons. The number of rotatable bonds is 1. The maximum Gasteiger partial charge on any atom is 0.341 e. The maximum atomic E-state index is 10.4. The molecule has 0 saturated heterocycles. The van der Waals surface area contributed by atoms with Gasteiger partial charge in [0, 0.05) is 5.69 Å². The summed E-state index contributed by atoms with van der Waals surface area (Å²) in [5.41, 5.74) is 5.11. The number of nitrogens with two attached hydrogens (primary N) is 1. The molecule has 4 heteroatoms. The molecule has 0 atom stereocenters. The zero-order valence-corrected chi connectivity index (χ0v) is 7.61. The van der Waals surface area contributed by atoms with Gasteiger partial charge in [0.2, 0.25) is 0 Å². The number of hydrogen-bond donors (Lipinski definition) is 3. The first-order valence-electron chi connectivity index (χ1n) is 3.93. The molecule has 0 unspecified atom stereocenters. The number of carboxylic acids is 1. The van der Waals surface area contributed by atoms with E-state index in [9.17, 15) is 4.79 Å². The summed E-state index contributed by atoms with van der Waals surface area (Å²) in [4.78, 5) is 10.4. The molecule has 0 fully saturated rings. The number of hydrogen-bond acceptors (Lipinski definition) is 3. The molecule has 0 spiro atoms. The molecule has 0 aliphatic carbocycles. The Balaban J connectivity index is 0.000000671. The minimum atomic E-state index is -1.22. The lowest BCUT2D eigenvalue weighted by Crippen LogP contribution is -2.01. The van der Waals surface area contributed by atoms with Crippen molar-refractivity contribution in [3.63, 3.8) is 0 Å². The summed E-state index contributed by atoms with van der Waals surface area (Å²) >= 11 is 0. The van der Waals surface area contributed by atoms with Crippen LogP contribution in [0.3, 0.4) is 0 Å². The average Bonchev–Trinajstić information content (AvgIpc) is 2.07. The fraction of sp³-hybridized carbons (Fsp3) is 0.222. The van der Waals surface area contributed by atoms with Crippen LogP contribution >= 0.6 is 0 Å². The molecule has 4 nitrogen and oxygen atoms in total. The average molecular weight is 183 g/mol. The predicted molar refractivity (Wildman–Crippen MR) is 50.8 cm³/mol. The Kier molecular flexibility index (Phi) is 4.37. The molecule has 0 bridgehead atoms. The smallest absolute Gasteiger partial charge is 0.341 e. The van der Waals surface area contributed by atoms with Crippen LogP contribution in [0, 0.1) is 0 Å². The van der Waals surface area contributed by atoms with E-state index in [0.717, 1.165) is 0 Å². The standard InChI is InChI=1S/C7H7NO3.C2H6/c8-4-2-1-3-5(9)6(4)7(10)11;1-2/h1-3,9H,8H2,(H,10,11);1-2H3. The van der Waals surface area contributed by atoms with E-state index in [1.54, 1.807) is 0 Å². The van der Waals surface area contributed by atoms with Crippen molar-refractivity contribution in [2.24, 2.45) is 0 Å². The third-order valence-corrected chi connectivity index (χ3v) is 1.29. The number of aromatic carboxylic acids is 1.